The molecule has 0 fully saturated rings. The lowest BCUT2D eigenvalue weighted by molar-refractivity contribution is 0.263. The van der Waals surface area contributed by atoms with Crippen LogP contribution in [0.25, 0.3) is 0 Å². The highest BCUT2D eigenvalue weighted by atomic mass is 15.4. The van der Waals surface area contributed by atoms with Crippen molar-refractivity contribution in [3.05, 3.63) is 42.7 Å². The van der Waals surface area contributed by atoms with Gasteiger partial charge in [0.1, 0.15) is 6.17 Å². The van der Waals surface area contributed by atoms with E-state index in [4.69, 9.17) is 0 Å². The molecule has 0 amide bonds. The molecule has 1 heterocycles. The molecule has 0 saturated heterocycles. The largest absolute Gasteiger partial charge is 0.353 e. The van der Waals surface area contributed by atoms with Gasteiger partial charge < -0.3 is 9.80 Å². The Morgan fingerprint density at radius 2 is 1.73 bits per heavy atom. The van der Waals surface area contributed by atoms with E-state index >= 15 is 0 Å². The van der Waals surface area contributed by atoms with Gasteiger partial charge in [-0.1, -0.05) is 18.2 Å². The van der Waals surface area contributed by atoms with Crippen molar-refractivity contribution in [3.8, 4) is 0 Å². The van der Waals surface area contributed by atoms with Crippen LogP contribution in [0.15, 0.2) is 42.7 Å². The lowest BCUT2D eigenvalue weighted by Gasteiger charge is -2.32. The lowest BCUT2D eigenvalue weighted by Crippen LogP contribution is -2.39. The average molecular weight is 202 g/mol. The fraction of sp³-hybridized carbons (Fsp3) is 0.385. The second-order valence-electron chi connectivity index (χ2n) is 4.21. The van der Waals surface area contributed by atoms with Gasteiger partial charge in [-0.25, -0.2) is 0 Å². The van der Waals surface area contributed by atoms with Crippen molar-refractivity contribution in [2.24, 2.45) is 0 Å². The average Bonchev–Trinajstić information content (AvgIpc) is 2.61. The highest BCUT2D eigenvalue weighted by Crippen LogP contribution is 2.25. The van der Waals surface area contributed by atoms with Gasteiger partial charge >= 0.3 is 0 Å². The number of hydrogen-bond donors (Lipinski definition) is 0. The highest BCUT2D eigenvalue weighted by Gasteiger charge is 2.24. The fourth-order valence-corrected chi connectivity index (χ4v) is 2.05. The molecule has 1 atom stereocenters. The summed E-state index contributed by atoms with van der Waals surface area (Å²) in [6.07, 6.45) is 4.73. The molecule has 0 bridgehead atoms. The van der Waals surface area contributed by atoms with Gasteiger partial charge in [-0.3, -0.25) is 0 Å². The fourth-order valence-electron chi connectivity index (χ4n) is 2.05. The normalized spacial score (nSPS) is 20.4. The van der Waals surface area contributed by atoms with E-state index in [0.29, 0.717) is 12.2 Å². The van der Waals surface area contributed by atoms with Crippen LogP contribution in [0.5, 0.6) is 0 Å². The molecule has 1 aliphatic rings. The van der Waals surface area contributed by atoms with Crippen molar-refractivity contribution in [2.45, 2.75) is 33.0 Å². The van der Waals surface area contributed by atoms with Crippen LogP contribution >= 0.6 is 0 Å². The van der Waals surface area contributed by atoms with Crippen molar-refractivity contribution < 1.29 is 0 Å². The summed E-state index contributed by atoms with van der Waals surface area (Å²) >= 11 is 0. The molecule has 2 heteroatoms. The van der Waals surface area contributed by atoms with E-state index in [-0.39, 0.29) is 0 Å². The standard InChI is InChI=1S/C13H18N2/c1-11(2)14-9-10-15(12(14)3)13-7-5-4-6-8-13/h4-12H,1-3H3/t12-/m0/s1. The summed E-state index contributed by atoms with van der Waals surface area (Å²) in [5, 5.41) is 0. The number of benzene rings is 1. The Kier molecular flexibility index (Phi) is 2.67. The van der Waals surface area contributed by atoms with Gasteiger partial charge in [-0.05, 0) is 32.9 Å². The topological polar surface area (TPSA) is 6.48 Å². The minimum atomic E-state index is 0.410. The summed E-state index contributed by atoms with van der Waals surface area (Å²) in [4.78, 5) is 4.65. The Morgan fingerprint density at radius 3 is 2.27 bits per heavy atom. The van der Waals surface area contributed by atoms with Gasteiger partial charge in [-0.15, -0.1) is 0 Å². The van der Waals surface area contributed by atoms with Gasteiger partial charge in [0.15, 0.2) is 0 Å². The summed E-state index contributed by atoms with van der Waals surface area (Å²) in [7, 11) is 0. The second kappa shape index (κ2) is 3.97. The van der Waals surface area contributed by atoms with Crippen molar-refractivity contribution in [2.75, 3.05) is 4.90 Å². The zero-order valence-corrected chi connectivity index (χ0v) is 9.59. The molecule has 15 heavy (non-hydrogen) atoms. The van der Waals surface area contributed by atoms with E-state index in [9.17, 15) is 0 Å². The first-order valence-corrected chi connectivity index (χ1v) is 5.49. The van der Waals surface area contributed by atoms with Crippen LogP contribution in [-0.2, 0) is 0 Å². The van der Waals surface area contributed by atoms with E-state index in [1.54, 1.807) is 0 Å². The van der Waals surface area contributed by atoms with Gasteiger partial charge in [-0.2, -0.15) is 0 Å². The van der Waals surface area contributed by atoms with Crippen LogP contribution in [0.4, 0.5) is 5.69 Å². The van der Waals surface area contributed by atoms with E-state index in [1.807, 2.05) is 6.07 Å². The van der Waals surface area contributed by atoms with Gasteiger partial charge in [0.2, 0.25) is 0 Å². The predicted molar refractivity (Wildman–Crippen MR) is 64.5 cm³/mol. The molecule has 0 unspecified atom stereocenters. The van der Waals surface area contributed by atoms with Crippen molar-refractivity contribution >= 4 is 5.69 Å². The quantitative estimate of drug-likeness (QED) is 0.727. The first-order chi connectivity index (χ1) is 7.20. The highest BCUT2D eigenvalue weighted by molar-refractivity contribution is 5.51. The van der Waals surface area contributed by atoms with Gasteiger partial charge in [0, 0.05) is 24.1 Å². The predicted octanol–water partition coefficient (Wildman–Crippen LogP) is 3.03. The lowest BCUT2D eigenvalue weighted by atomic mass is 10.2. The molecule has 0 aromatic heterocycles. The summed E-state index contributed by atoms with van der Waals surface area (Å²) in [6.45, 7) is 6.66. The van der Waals surface area contributed by atoms with Crippen LogP contribution in [0, 0.1) is 0 Å². The Balaban J connectivity index is 2.18. The molecular weight excluding hydrogens is 184 g/mol. The monoisotopic (exact) mass is 202 g/mol. The zero-order valence-electron chi connectivity index (χ0n) is 9.59. The Labute approximate surface area is 91.8 Å². The van der Waals surface area contributed by atoms with Crippen LogP contribution in [0.3, 0.4) is 0 Å². The molecule has 0 radical (unpaired) electrons. The first kappa shape index (κ1) is 10.1. The smallest absolute Gasteiger partial charge is 0.103 e. The number of anilines is 1. The molecular formula is C13H18N2. The maximum Gasteiger partial charge on any atom is 0.103 e. The maximum absolute atomic E-state index is 2.35. The molecule has 0 aliphatic carbocycles. The molecule has 0 saturated carbocycles. The zero-order chi connectivity index (χ0) is 10.8. The molecule has 80 valence electrons. The first-order valence-electron chi connectivity index (χ1n) is 5.49. The Hall–Kier alpha value is -1.44. The Morgan fingerprint density at radius 1 is 1.07 bits per heavy atom. The van der Waals surface area contributed by atoms with E-state index in [1.165, 1.54) is 5.69 Å². The third-order valence-corrected chi connectivity index (χ3v) is 2.88. The van der Waals surface area contributed by atoms with E-state index < -0.39 is 0 Å². The van der Waals surface area contributed by atoms with Gasteiger partial charge in [0.25, 0.3) is 0 Å². The SMILES string of the molecule is CC(C)N1C=CN(c2ccccc2)[C@H]1C. The molecule has 1 aromatic rings. The molecule has 1 aromatic carbocycles. The molecule has 2 nitrogen and oxygen atoms in total. The summed E-state index contributed by atoms with van der Waals surface area (Å²) in [5.41, 5.74) is 1.25. The molecule has 0 spiro atoms. The van der Waals surface area contributed by atoms with Crippen molar-refractivity contribution in [3.63, 3.8) is 0 Å². The van der Waals surface area contributed by atoms with E-state index in [0.717, 1.165) is 0 Å². The number of nitrogens with zero attached hydrogens (tertiary/aromatic N) is 2. The third kappa shape index (κ3) is 1.84. The molecule has 2 rings (SSSR count). The Bertz CT molecular complexity index is 343. The number of hydrogen-bond acceptors (Lipinski definition) is 2. The van der Waals surface area contributed by atoms with Crippen LogP contribution in [-0.4, -0.2) is 17.1 Å². The van der Waals surface area contributed by atoms with E-state index in [2.05, 4.69) is 67.2 Å². The number of rotatable bonds is 2. The van der Waals surface area contributed by atoms with Crippen molar-refractivity contribution in [1.29, 1.82) is 0 Å². The maximum atomic E-state index is 2.35. The van der Waals surface area contributed by atoms with Crippen molar-refractivity contribution in [1.82, 2.24) is 4.90 Å². The van der Waals surface area contributed by atoms with Crippen LogP contribution in [0.2, 0.25) is 0 Å². The second-order valence-corrected chi connectivity index (χ2v) is 4.21. The third-order valence-electron chi connectivity index (χ3n) is 2.88. The molecule has 0 N–H and O–H groups in total. The minimum absolute atomic E-state index is 0.410. The summed E-state index contributed by atoms with van der Waals surface area (Å²) < 4.78 is 0. The molecule has 1 aliphatic heterocycles. The van der Waals surface area contributed by atoms with Crippen LogP contribution < -0.4 is 4.90 Å². The van der Waals surface area contributed by atoms with Gasteiger partial charge in [0.05, 0.1) is 0 Å². The van der Waals surface area contributed by atoms with Crippen LogP contribution in [0.1, 0.15) is 20.8 Å². The summed E-state index contributed by atoms with van der Waals surface area (Å²) in [6, 6.07) is 11.0. The minimum Gasteiger partial charge on any atom is -0.353 e. The summed E-state index contributed by atoms with van der Waals surface area (Å²) in [5.74, 6) is 0. The number of para-hydroxylation sites is 1.